The molecule has 2 heterocycles. The summed E-state index contributed by atoms with van der Waals surface area (Å²) in [5.41, 5.74) is 3.33. The molecule has 0 bridgehead atoms. The number of carbonyl (C=O) groups is 1. The van der Waals surface area contributed by atoms with Crippen molar-refractivity contribution in [3.05, 3.63) is 54.2 Å². The van der Waals surface area contributed by atoms with Crippen LogP contribution in [0, 0.1) is 0 Å². The van der Waals surface area contributed by atoms with Gasteiger partial charge in [-0.25, -0.2) is 4.98 Å². The summed E-state index contributed by atoms with van der Waals surface area (Å²) >= 11 is 0. The Morgan fingerprint density at radius 2 is 1.81 bits per heavy atom. The minimum Gasteiger partial charge on any atom is -0.481 e. The second-order valence-corrected chi connectivity index (χ2v) is 6.49. The van der Waals surface area contributed by atoms with Crippen LogP contribution >= 0.6 is 0 Å². The van der Waals surface area contributed by atoms with Crippen LogP contribution in [0.2, 0.25) is 0 Å². The first-order valence-corrected chi connectivity index (χ1v) is 9.36. The monoisotopic (exact) mass is 363 g/mol. The van der Waals surface area contributed by atoms with E-state index in [9.17, 15) is 4.79 Å². The molecule has 0 fully saturated rings. The predicted molar refractivity (Wildman–Crippen MR) is 108 cm³/mol. The van der Waals surface area contributed by atoms with Gasteiger partial charge in [0.2, 0.25) is 5.88 Å². The lowest BCUT2D eigenvalue weighted by Gasteiger charge is -2.21. The van der Waals surface area contributed by atoms with E-state index in [1.807, 2.05) is 47.4 Å². The Labute approximate surface area is 160 Å². The van der Waals surface area contributed by atoms with E-state index in [-0.39, 0.29) is 5.91 Å². The summed E-state index contributed by atoms with van der Waals surface area (Å²) in [6.45, 7) is 5.72. The maximum absolute atomic E-state index is 12.7. The molecule has 1 aromatic carbocycles. The highest BCUT2D eigenvalue weighted by Gasteiger charge is 2.14. The average Bonchev–Trinajstić information content (AvgIpc) is 2.72. The topological polar surface area (TPSA) is 55.3 Å². The van der Waals surface area contributed by atoms with Crippen LogP contribution < -0.4 is 4.74 Å². The molecule has 0 N–H and O–H groups in total. The van der Waals surface area contributed by atoms with Crippen LogP contribution in [-0.2, 0) is 0 Å². The Kier molecular flexibility index (Phi) is 6.01. The van der Waals surface area contributed by atoms with E-state index in [1.165, 1.54) is 0 Å². The fraction of sp³-hybridized carbons (Fsp3) is 0.318. The van der Waals surface area contributed by atoms with Crippen LogP contribution in [0.15, 0.2) is 48.7 Å². The molecule has 0 saturated heterocycles. The number of aromatic nitrogens is 2. The van der Waals surface area contributed by atoms with E-state index in [2.05, 4.69) is 23.8 Å². The van der Waals surface area contributed by atoms with Crippen molar-refractivity contribution in [1.29, 1.82) is 0 Å². The molecule has 0 aliphatic carbocycles. The lowest BCUT2D eigenvalue weighted by Crippen LogP contribution is -2.32. The zero-order valence-corrected chi connectivity index (χ0v) is 16.1. The van der Waals surface area contributed by atoms with E-state index in [0.29, 0.717) is 11.4 Å². The maximum atomic E-state index is 12.7. The summed E-state index contributed by atoms with van der Waals surface area (Å²) in [7, 11) is 1.61. The lowest BCUT2D eigenvalue weighted by molar-refractivity contribution is 0.0755. The van der Waals surface area contributed by atoms with Crippen LogP contribution in [0.5, 0.6) is 5.88 Å². The van der Waals surface area contributed by atoms with Gasteiger partial charge < -0.3 is 9.64 Å². The Morgan fingerprint density at radius 1 is 1.04 bits per heavy atom. The van der Waals surface area contributed by atoms with Gasteiger partial charge in [-0.3, -0.25) is 9.78 Å². The number of hydrogen-bond donors (Lipinski definition) is 0. The van der Waals surface area contributed by atoms with Crippen LogP contribution in [0.1, 0.15) is 37.0 Å². The number of fused-ring (bicyclic) bond motifs is 1. The lowest BCUT2D eigenvalue weighted by atomic mass is 10.1. The van der Waals surface area contributed by atoms with E-state index >= 15 is 0 Å². The summed E-state index contributed by atoms with van der Waals surface area (Å²) in [5, 5.41) is 1.02. The van der Waals surface area contributed by atoms with Gasteiger partial charge in [-0.05, 0) is 43.2 Å². The van der Waals surface area contributed by atoms with Crippen molar-refractivity contribution in [2.75, 3.05) is 20.2 Å². The standard InChI is InChI=1S/C22H25N3O2/c1-4-12-25(13-5-2)22(26)18-7-9-19(23-15-18)16-6-10-20-17(14-16)8-11-21(24-20)27-3/h6-11,14-15H,4-5,12-13H2,1-3H3. The highest BCUT2D eigenvalue weighted by atomic mass is 16.5. The zero-order valence-electron chi connectivity index (χ0n) is 16.1. The first-order valence-electron chi connectivity index (χ1n) is 9.36. The summed E-state index contributed by atoms with van der Waals surface area (Å²) in [4.78, 5) is 23.5. The van der Waals surface area contributed by atoms with Crippen molar-refractivity contribution in [3.63, 3.8) is 0 Å². The van der Waals surface area contributed by atoms with Crippen molar-refractivity contribution in [2.45, 2.75) is 26.7 Å². The Morgan fingerprint density at radius 3 is 2.44 bits per heavy atom. The molecule has 1 amide bonds. The zero-order chi connectivity index (χ0) is 19.2. The number of carbonyl (C=O) groups excluding carboxylic acids is 1. The highest BCUT2D eigenvalue weighted by Crippen LogP contribution is 2.24. The molecule has 0 radical (unpaired) electrons. The second-order valence-electron chi connectivity index (χ2n) is 6.49. The highest BCUT2D eigenvalue weighted by molar-refractivity contribution is 5.94. The molecule has 0 saturated carbocycles. The Hall–Kier alpha value is -2.95. The van der Waals surface area contributed by atoms with E-state index < -0.39 is 0 Å². The molecule has 0 aliphatic heterocycles. The first kappa shape index (κ1) is 18.8. The third-order valence-corrected chi connectivity index (χ3v) is 4.45. The fourth-order valence-corrected chi connectivity index (χ4v) is 3.11. The average molecular weight is 363 g/mol. The Balaban J connectivity index is 1.84. The largest absolute Gasteiger partial charge is 0.481 e. The molecule has 3 aromatic rings. The normalized spacial score (nSPS) is 10.8. The molecule has 27 heavy (non-hydrogen) atoms. The number of amides is 1. The molecular formula is C22H25N3O2. The van der Waals surface area contributed by atoms with Crippen molar-refractivity contribution in [3.8, 4) is 17.1 Å². The van der Waals surface area contributed by atoms with Gasteiger partial charge >= 0.3 is 0 Å². The summed E-state index contributed by atoms with van der Waals surface area (Å²) in [5.74, 6) is 0.646. The molecule has 3 rings (SSSR count). The van der Waals surface area contributed by atoms with Crippen LogP contribution in [-0.4, -0.2) is 41.0 Å². The van der Waals surface area contributed by atoms with Gasteiger partial charge in [0.25, 0.3) is 5.91 Å². The van der Waals surface area contributed by atoms with Gasteiger partial charge in [0, 0.05) is 36.3 Å². The summed E-state index contributed by atoms with van der Waals surface area (Å²) < 4.78 is 5.17. The van der Waals surface area contributed by atoms with Crippen molar-refractivity contribution >= 4 is 16.8 Å². The minimum absolute atomic E-state index is 0.0487. The molecule has 140 valence electrons. The van der Waals surface area contributed by atoms with Gasteiger partial charge in [0.05, 0.1) is 23.9 Å². The SMILES string of the molecule is CCCN(CCC)C(=O)c1ccc(-c2ccc3nc(OC)ccc3c2)nc1. The smallest absolute Gasteiger partial charge is 0.255 e. The van der Waals surface area contributed by atoms with Crippen molar-refractivity contribution < 1.29 is 9.53 Å². The number of methoxy groups -OCH3 is 1. The first-order chi connectivity index (χ1) is 13.2. The van der Waals surface area contributed by atoms with Crippen LogP contribution in [0.3, 0.4) is 0 Å². The Bertz CT molecular complexity index is 916. The summed E-state index contributed by atoms with van der Waals surface area (Å²) in [6, 6.07) is 13.6. The third-order valence-electron chi connectivity index (χ3n) is 4.45. The van der Waals surface area contributed by atoms with E-state index in [1.54, 1.807) is 13.3 Å². The van der Waals surface area contributed by atoms with Gasteiger partial charge in [0.1, 0.15) is 0 Å². The quantitative estimate of drug-likeness (QED) is 0.617. The minimum atomic E-state index is 0.0487. The number of rotatable bonds is 7. The molecule has 0 aliphatic rings. The van der Waals surface area contributed by atoms with Gasteiger partial charge in [0.15, 0.2) is 0 Å². The van der Waals surface area contributed by atoms with Gasteiger partial charge in [-0.1, -0.05) is 19.9 Å². The molecule has 0 spiro atoms. The fourth-order valence-electron chi connectivity index (χ4n) is 3.11. The van der Waals surface area contributed by atoms with E-state index in [0.717, 1.165) is 48.1 Å². The molecule has 0 atom stereocenters. The number of ether oxygens (including phenoxy) is 1. The van der Waals surface area contributed by atoms with Gasteiger partial charge in [-0.2, -0.15) is 0 Å². The predicted octanol–water partition coefficient (Wildman–Crippen LogP) is 4.57. The van der Waals surface area contributed by atoms with Crippen molar-refractivity contribution in [1.82, 2.24) is 14.9 Å². The number of pyridine rings is 2. The molecule has 5 heteroatoms. The van der Waals surface area contributed by atoms with Crippen LogP contribution in [0.25, 0.3) is 22.2 Å². The van der Waals surface area contributed by atoms with Crippen molar-refractivity contribution in [2.24, 2.45) is 0 Å². The molecule has 0 unspecified atom stereocenters. The molecule has 5 nitrogen and oxygen atoms in total. The number of hydrogen-bond acceptors (Lipinski definition) is 4. The number of benzene rings is 1. The molecule has 2 aromatic heterocycles. The van der Waals surface area contributed by atoms with Crippen LogP contribution in [0.4, 0.5) is 0 Å². The third kappa shape index (κ3) is 4.25. The summed E-state index contributed by atoms with van der Waals surface area (Å²) in [6.07, 6.45) is 3.58. The number of nitrogens with zero attached hydrogens (tertiary/aromatic N) is 3. The second kappa shape index (κ2) is 8.62. The van der Waals surface area contributed by atoms with E-state index in [4.69, 9.17) is 4.74 Å². The van der Waals surface area contributed by atoms with Gasteiger partial charge in [-0.15, -0.1) is 0 Å². The maximum Gasteiger partial charge on any atom is 0.255 e. The molecular weight excluding hydrogens is 338 g/mol.